The molecule has 4 nitrogen and oxygen atoms in total. The summed E-state index contributed by atoms with van der Waals surface area (Å²) in [7, 11) is 1.72. The summed E-state index contributed by atoms with van der Waals surface area (Å²) in [4.78, 5) is 4.65. The highest BCUT2D eigenvalue weighted by molar-refractivity contribution is 5.67. The molecule has 3 heterocycles. The van der Waals surface area contributed by atoms with Crippen LogP contribution in [0.2, 0.25) is 0 Å². The summed E-state index contributed by atoms with van der Waals surface area (Å²) in [6.45, 7) is 3.32. The van der Waals surface area contributed by atoms with E-state index in [1.165, 1.54) is 17.9 Å². The highest BCUT2D eigenvalue weighted by Gasteiger charge is 2.41. The van der Waals surface area contributed by atoms with E-state index in [1.54, 1.807) is 7.11 Å². The van der Waals surface area contributed by atoms with Gasteiger partial charge in [0.2, 0.25) is 0 Å². The van der Waals surface area contributed by atoms with Gasteiger partial charge in [-0.1, -0.05) is 12.1 Å². The molecule has 1 fully saturated rings. The maximum Gasteiger partial charge on any atom is 0.128 e. The molecule has 20 heavy (non-hydrogen) atoms. The lowest BCUT2D eigenvalue weighted by molar-refractivity contribution is 0.317. The maximum absolute atomic E-state index is 5.49. The third kappa shape index (κ3) is 1.68. The van der Waals surface area contributed by atoms with Gasteiger partial charge >= 0.3 is 0 Å². The third-order valence-corrected chi connectivity index (χ3v) is 4.68. The molecule has 2 aromatic rings. The van der Waals surface area contributed by atoms with Crippen molar-refractivity contribution in [2.45, 2.75) is 19.4 Å². The summed E-state index contributed by atoms with van der Waals surface area (Å²) in [5, 5.41) is 3.50. The number of imidazole rings is 1. The van der Waals surface area contributed by atoms with E-state index < -0.39 is 0 Å². The van der Waals surface area contributed by atoms with Crippen LogP contribution in [0.4, 0.5) is 0 Å². The Morgan fingerprint density at radius 2 is 2.25 bits per heavy atom. The second kappa shape index (κ2) is 4.35. The van der Waals surface area contributed by atoms with Gasteiger partial charge in [-0.2, -0.15) is 0 Å². The van der Waals surface area contributed by atoms with Crippen molar-refractivity contribution in [1.82, 2.24) is 14.9 Å². The lowest BCUT2D eigenvalue weighted by atomic mass is 9.86. The summed E-state index contributed by atoms with van der Waals surface area (Å²) in [6, 6.07) is 8.18. The Labute approximate surface area is 118 Å². The fraction of sp³-hybridized carbons (Fsp3) is 0.438. The predicted molar refractivity (Wildman–Crippen MR) is 77.8 cm³/mol. The van der Waals surface area contributed by atoms with Crippen molar-refractivity contribution in [3.63, 3.8) is 0 Å². The molecule has 0 amide bonds. The van der Waals surface area contributed by atoms with Gasteiger partial charge in [0.15, 0.2) is 0 Å². The second-order valence-corrected chi connectivity index (χ2v) is 5.95. The van der Waals surface area contributed by atoms with Crippen LogP contribution in [0.1, 0.15) is 12.2 Å². The van der Waals surface area contributed by atoms with Crippen molar-refractivity contribution in [2.75, 3.05) is 20.2 Å². The monoisotopic (exact) mass is 269 g/mol. The third-order valence-electron chi connectivity index (χ3n) is 4.68. The second-order valence-electron chi connectivity index (χ2n) is 5.95. The molecule has 1 aromatic carbocycles. The van der Waals surface area contributed by atoms with Gasteiger partial charge in [0.25, 0.3) is 0 Å². The van der Waals surface area contributed by atoms with Gasteiger partial charge in [0, 0.05) is 30.5 Å². The van der Waals surface area contributed by atoms with Crippen LogP contribution in [0.15, 0.2) is 30.5 Å². The first-order valence-electron chi connectivity index (χ1n) is 7.20. The number of nitrogens with zero attached hydrogens (tertiary/aromatic N) is 2. The Hall–Kier alpha value is -1.81. The van der Waals surface area contributed by atoms with E-state index in [9.17, 15) is 0 Å². The van der Waals surface area contributed by atoms with E-state index in [0.29, 0.717) is 5.41 Å². The smallest absolute Gasteiger partial charge is 0.128 e. The number of nitrogens with one attached hydrogen (secondary N) is 1. The molecule has 4 heteroatoms. The Balaban J connectivity index is 1.76. The minimum Gasteiger partial charge on any atom is -0.496 e. The fourth-order valence-electron chi connectivity index (χ4n) is 3.61. The van der Waals surface area contributed by atoms with Crippen LogP contribution >= 0.6 is 0 Å². The van der Waals surface area contributed by atoms with Gasteiger partial charge in [-0.25, -0.2) is 4.98 Å². The maximum atomic E-state index is 5.49. The molecule has 1 saturated heterocycles. The number of hydrogen-bond donors (Lipinski definition) is 1. The number of methoxy groups -OCH3 is 1. The summed E-state index contributed by atoms with van der Waals surface area (Å²) < 4.78 is 7.87. The zero-order valence-corrected chi connectivity index (χ0v) is 11.7. The molecule has 1 aromatic heterocycles. The molecule has 1 N–H and O–H groups in total. The molecule has 2 aliphatic rings. The quantitative estimate of drug-likeness (QED) is 0.907. The summed E-state index contributed by atoms with van der Waals surface area (Å²) in [5.41, 5.74) is 2.71. The van der Waals surface area contributed by atoms with Gasteiger partial charge in [0.1, 0.15) is 11.6 Å². The van der Waals surface area contributed by atoms with Crippen LogP contribution in [0.3, 0.4) is 0 Å². The zero-order chi connectivity index (χ0) is 13.6. The Morgan fingerprint density at radius 3 is 3.05 bits per heavy atom. The predicted octanol–water partition coefficient (Wildman–Crippen LogP) is 2.09. The lowest BCUT2D eigenvalue weighted by Gasteiger charge is -2.20. The standard InChI is InChI=1S/C16H19N3O/c1-20-14-5-3-2-4-12(14)13-9-18-15-8-16(11-19(13)15)6-7-17-10-16/h2-5,9,17H,6-8,10-11H2,1H3/t16-/m0/s1. The SMILES string of the molecule is COc1ccccc1-c1cnc2n1C[C@@]1(CCNC1)C2. The number of benzene rings is 1. The van der Waals surface area contributed by atoms with E-state index in [4.69, 9.17) is 4.74 Å². The molecule has 0 unspecified atom stereocenters. The van der Waals surface area contributed by atoms with E-state index in [2.05, 4.69) is 27.0 Å². The number of aromatic nitrogens is 2. The van der Waals surface area contributed by atoms with Crippen molar-refractivity contribution >= 4 is 0 Å². The molecule has 104 valence electrons. The van der Waals surface area contributed by atoms with Crippen LogP contribution in [0, 0.1) is 5.41 Å². The Kier molecular flexibility index (Phi) is 2.60. The van der Waals surface area contributed by atoms with E-state index in [0.717, 1.165) is 37.4 Å². The van der Waals surface area contributed by atoms with Crippen LogP contribution in [0.25, 0.3) is 11.3 Å². The number of para-hydroxylation sites is 1. The Morgan fingerprint density at radius 1 is 1.35 bits per heavy atom. The normalized spacial score (nSPS) is 24.2. The number of fused-ring (bicyclic) bond motifs is 1. The largest absolute Gasteiger partial charge is 0.496 e. The average molecular weight is 269 g/mol. The van der Waals surface area contributed by atoms with E-state index in [1.807, 2.05) is 18.3 Å². The number of ether oxygens (including phenoxy) is 1. The molecule has 0 saturated carbocycles. The molecular weight excluding hydrogens is 250 g/mol. The van der Waals surface area contributed by atoms with Crippen molar-refractivity contribution in [3.8, 4) is 17.0 Å². The van der Waals surface area contributed by atoms with Crippen LogP contribution < -0.4 is 10.1 Å². The van der Waals surface area contributed by atoms with E-state index >= 15 is 0 Å². The van der Waals surface area contributed by atoms with Crippen molar-refractivity contribution in [3.05, 3.63) is 36.3 Å². The van der Waals surface area contributed by atoms with Gasteiger partial charge in [-0.3, -0.25) is 0 Å². The first-order chi connectivity index (χ1) is 9.81. The molecule has 0 radical (unpaired) electrons. The fourth-order valence-corrected chi connectivity index (χ4v) is 3.61. The van der Waals surface area contributed by atoms with Crippen molar-refractivity contribution in [2.24, 2.45) is 5.41 Å². The highest BCUT2D eigenvalue weighted by atomic mass is 16.5. The Bertz CT molecular complexity index is 641. The number of hydrogen-bond acceptors (Lipinski definition) is 3. The van der Waals surface area contributed by atoms with Crippen LogP contribution in [-0.4, -0.2) is 29.8 Å². The molecule has 1 spiro atoms. The minimum absolute atomic E-state index is 0.389. The minimum atomic E-state index is 0.389. The van der Waals surface area contributed by atoms with Crippen LogP contribution in [0.5, 0.6) is 5.75 Å². The van der Waals surface area contributed by atoms with Gasteiger partial charge < -0.3 is 14.6 Å². The molecule has 1 atom stereocenters. The van der Waals surface area contributed by atoms with Gasteiger partial charge in [0.05, 0.1) is 19.0 Å². The van der Waals surface area contributed by atoms with Gasteiger partial charge in [-0.15, -0.1) is 0 Å². The first-order valence-corrected chi connectivity index (χ1v) is 7.20. The molecular formula is C16H19N3O. The molecule has 0 bridgehead atoms. The molecule has 4 rings (SSSR count). The van der Waals surface area contributed by atoms with Crippen molar-refractivity contribution < 1.29 is 4.74 Å². The lowest BCUT2D eigenvalue weighted by Crippen LogP contribution is -2.25. The summed E-state index contributed by atoms with van der Waals surface area (Å²) in [6.07, 6.45) is 4.33. The molecule has 2 aliphatic heterocycles. The average Bonchev–Trinajstić information content (AvgIpc) is 3.16. The van der Waals surface area contributed by atoms with Crippen molar-refractivity contribution in [1.29, 1.82) is 0 Å². The molecule has 0 aliphatic carbocycles. The van der Waals surface area contributed by atoms with Crippen LogP contribution in [-0.2, 0) is 13.0 Å². The zero-order valence-electron chi connectivity index (χ0n) is 11.7. The number of rotatable bonds is 2. The van der Waals surface area contributed by atoms with E-state index in [-0.39, 0.29) is 0 Å². The summed E-state index contributed by atoms with van der Waals surface area (Å²) in [5.74, 6) is 2.13. The summed E-state index contributed by atoms with van der Waals surface area (Å²) >= 11 is 0. The van der Waals surface area contributed by atoms with Gasteiger partial charge in [-0.05, 0) is 25.1 Å². The first kappa shape index (κ1) is 12.0. The highest BCUT2D eigenvalue weighted by Crippen LogP contribution is 2.41. The topological polar surface area (TPSA) is 39.1 Å².